The summed E-state index contributed by atoms with van der Waals surface area (Å²) in [6, 6.07) is 7.68. The lowest BCUT2D eigenvalue weighted by Gasteiger charge is -2.33. The largest absolute Gasteiger partial charge is 0.334 e. The zero-order valence-electron chi connectivity index (χ0n) is 10.4. The van der Waals surface area contributed by atoms with Gasteiger partial charge in [0.05, 0.1) is 0 Å². The SMILES string of the molecule is C[C@H]1CNCCN1C(=O)/C=C/c1ccc(Cl)cc1. The van der Waals surface area contributed by atoms with Gasteiger partial charge in [-0.3, -0.25) is 4.79 Å². The zero-order valence-corrected chi connectivity index (χ0v) is 11.2. The van der Waals surface area contributed by atoms with Gasteiger partial charge in [-0.15, -0.1) is 0 Å². The number of carbonyl (C=O) groups is 1. The van der Waals surface area contributed by atoms with E-state index >= 15 is 0 Å². The molecule has 0 radical (unpaired) electrons. The van der Waals surface area contributed by atoms with Gasteiger partial charge in [-0.2, -0.15) is 0 Å². The van der Waals surface area contributed by atoms with Crippen LogP contribution in [0.15, 0.2) is 30.3 Å². The van der Waals surface area contributed by atoms with Crippen molar-refractivity contribution < 1.29 is 4.79 Å². The van der Waals surface area contributed by atoms with Crippen LogP contribution < -0.4 is 5.32 Å². The zero-order chi connectivity index (χ0) is 13.0. The molecule has 0 bridgehead atoms. The predicted molar refractivity (Wildman–Crippen MR) is 74.5 cm³/mol. The summed E-state index contributed by atoms with van der Waals surface area (Å²) < 4.78 is 0. The van der Waals surface area contributed by atoms with Crippen LogP contribution in [0.3, 0.4) is 0 Å². The summed E-state index contributed by atoms with van der Waals surface area (Å²) in [6.45, 7) is 4.55. The lowest BCUT2D eigenvalue weighted by atomic mass is 10.2. The Hall–Kier alpha value is -1.32. The fourth-order valence-electron chi connectivity index (χ4n) is 2.01. The van der Waals surface area contributed by atoms with Crippen LogP contribution >= 0.6 is 11.6 Å². The molecular weight excluding hydrogens is 248 g/mol. The summed E-state index contributed by atoms with van der Waals surface area (Å²) in [6.07, 6.45) is 3.46. The van der Waals surface area contributed by atoms with Crippen LogP contribution in [-0.4, -0.2) is 36.5 Å². The van der Waals surface area contributed by atoms with Crippen LogP contribution in [-0.2, 0) is 4.79 Å². The number of rotatable bonds is 2. The Balaban J connectivity index is 1.99. The maximum absolute atomic E-state index is 12.0. The third-order valence-corrected chi connectivity index (χ3v) is 3.32. The first-order valence-electron chi connectivity index (χ1n) is 6.12. The highest BCUT2D eigenvalue weighted by atomic mass is 35.5. The van der Waals surface area contributed by atoms with Gasteiger partial charge in [-0.1, -0.05) is 23.7 Å². The highest BCUT2D eigenvalue weighted by Crippen LogP contribution is 2.11. The van der Waals surface area contributed by atoms with Crippen LogP contribution in [0.25, 0.3) is 6.08 Å². The van der Waals surface area contributed by atoms with Gasteiger partial charge in [0, 0.05) is 36.8 Å². The van der Waals surface area contributed by atoms with E-state index in [0.717, 1.165) is 25.2 Å². The van der Waals surface area contributed by atoms with Gasteiger partial charge in [0.25, 0.3) is 0 Å². The smallest absolute Gasteiger partial charge is 0.246 e. The van der Waals surface area contributed by atoms with Crippen molar-refractivity contribution >= 4 is 23.6 Å². The van der Waals surface area contributed by atoms with E-state index < -0.39 is 0 Å². The Bertz CT molecular complexity index is 442. The average molecular weight is 265 g/mol. The molecule has 0 unspecified atom stereocenters. The number of carbonyl (C=O) groups excluding carboxylic acids is 1. The molecule has 0 saturated carbocycles. The molecule has 1 aromatic rings. The lowest BCUT2D eigenvalue weighted by molar-refractivity contribution is -0.128. The minimum atomic E-state index is 0.0685. The third kappa shape index (κ3) is 3.34. The van der Waals surface area contributed by atoms with E-state index in [1.165, 1.54) is 0 Å². The first kappa shape index (κ1) is 13.1. The van der Waals surface area contributed by atoms with Crippen LogP contribution in [0.1, 0.15) is 12.5 Å². The quantitative estimate of drug-likeness (QED) is 0.831. The predicted octanol–water partition coefficient (Wildman–Crippen LogP) is 2.17. The molecule has 1 aliphatic heterocycles. The maximum Gasteiger partial charge on any atom is 0.246 e. The molecule has 1 fully saturated rings. The number of hydrogen-bond acceptors (Lipinski definition) is 2. The van der Waals surface area contributed by atoms with Crippen molar-refractivity contribution in [3.8, 4) is 0 Å². The molecule has 1 atom stereocenters. The number of hydrogen-bond donors (Lipinski definition) is 1. The molecule has 2 rings (SSSR count). The van der Waals surface area contributed by atoms with Crippen molar-refractivity contribution in [3.05, 3.63) is 40.9 Å². The highest BCUT2D eigenvalue weighted by Gasteiger charge is 2.20. The molecule has 1 amide bonds. The summed E-state index contributed by atoms with van der Waals surface area (Å²) in [7, 11) is 0. The van der Waals surface area contributed by atoms with Gasteiger partial charge in [0.2, 0.25) is 5.91 Å². The fraction of sp³-hybridized carbons (Fsp3) is 0.357. The van der Waals surface area contributed by atoms with Gasteiger partial charge >= 0.3 is 0 Å². The van der Waals surface area contributed by atoms with E-state index in [-0.39, 0.29) is 11.9 Å². The van der Waals surface area contributed by atoms with Crippen molar-refractivity contribution in [1.82, 2.24) is 10.2 Å². The van der Waals surface area contributed by atoms with Crippen molar-refractivity contribution in [2.24, 2.45) is 0 Å². The van der Waals surface area contributed by atoms with Crippen molar-refractivity contribution in [1.29, 1.82) is 0 Å². The van der Waals surface area contributed by atoms with E-state index in [9.17, 15) is 4.79 Å². The second-order valence-electron chi connectivity index (χ2n) is 4.47. The Kier molecular flexibility index (Phi) is 4.39. The Morgan fingerprint density at radius 2 is 2.17 bits per heavy atom. The number of amides is 1. The number of piperazine rings is 1. The average Bonchev–Trinajstić information content (AvgIpc) is 2.38. The van der Waals surface area contributed by atoms with Crippen LogP contribution in [0.5, 0.6) is 0 Å². The molecule has 18 heavy (non-hydrogen) atoms. The molecule has 1 aromatic carbocycles. The second-order valence-corrected chi connectivity index (χ2v) is 4.91. The van der Waals surface area contributed by atoms with E-state index in [1.54, 1.807) is 6.08 Å². The van der Waals surface area contributed by atoms with E-state index in [2.05, 4.69) is 12.2 Å². The number of benzene rings is 1. The molecule has 1 heterocycles. The van der Waals surface area contributed by atoms with Gasteiger partial charge in [0.1, 0.15) is 0 Å². The van der Waals surface area contributed by atoms with Gasteiger partial charge in [-0.25, -0.2) is 0 Å². The van der Waals surface area contributed by atoms with E-state index in [1.807, 2.05) is 35.2 Å². The molecular formula is C14H17ClN2O. The molecule has 0 spiro atoms. The molecule has 3 nitrogen and oxygen atoms in total. The van der Waals surface area contributed by atoms with E-state index in [0.29, 0.717) is 5.02 Å². The third-order valence-electron chi connectivity index (χ3n) is 3.07. The topological polar surface area (TPSA) is 32.3 Å². The number of nitrogens with one attached hydrogen (secondary N) is 1. The Morgan fingerprint density at radius 3 is 2.83 bits per heavy atom. The summed E-state index contributed by atoms with van der Waals surface area (Å²) in [5.41, 5.74) is 0.982. The van der Waals surface area contributed by atoms with Gasteiger partial charge in [0.15, 0.2) is 0 Å². The monoisotopic (exact) mass is 264 g/mol. The summed E-state index contributed by atoms with van der Waals surface area (Å²) >= 11 is 5.81. The maximum atomic E-state index is 12.0. The minimum Gasteiger partial charge on any atom is -0.334 e. The van der Waals surface area contributed by atoms with Crippen LogP contribution in [0.2, 0.25) is 5.02 Å². The van der Waals surface area contributed by atoms with Gasteiger partial charge in [-0.05, 0) is 30.7 Å². The standard InChI is InChI=1S/C14H17ClN2O/c1-11-10-16-8-9-17(11)14(18)7-4-12-2-5-13(15)6-3-12/h2-7,11,16H,8-10H2,1H3/b7-4+/t11-/m0/s1. The second kappa shape index (κ2) is 6.03. The minimum absolute atomic E-state index is 0.0685. The molecule has 1 N–H and O–H groups in total. The molecule has 4 heteroatoms. The van der Waals surface area contributed by atoms with Crippen molar-refractivity contribution in [2.45, 2.75) is 13.0 Å². The lowest BCUT2D eigenvalue weighted by Crippen LogP contribution is -2.51. The molecule has 1 saturated heterocycles. The van der Waals surface area contributed by atoms with Crippen molar-refractivity contribution in [3.63, 3.8) is 0 Å². The van der Waals surface area contributed by atoms with E-state index in [4.69, 9.17) is 11.6 Å². The first-order valence-corrected chi connectivity index (χ1v) is 6.49. The van der Waals surface area contributed by atoms with Gasteiger partial charge < -0.3 is 10.2 Å². The normalized spacial score (nSPS) is 20.3. The number of halogens is 1. The van der Waals surface area contributed by atoms with Crippen LogP contribution in [0, 0.1) is 0 Å². The summed E-state index contributed by atoms with van der Waals surface area (Å²) in [4.78, 5) is 13.9. The Labute approximate surface area is 112 Å². The Morgan fingerprint density at radius 1 is 1.44 bits per heavy atom. The molecule has 0 aliphatic carbocycles. The first-order chi connectivity index (χ1) is 8.66. The highest BCUT2D eigenvalue weighted by molar-refractivity contribution is 6.30. The molecule has 0 aromatic heterocycles. The molecule has 1 aliphatic rings. The fourth-order valence-corrected chi connectivity index (χ4v) is 2.13. The summed E-state index contributed by atoms with van der Waals surface area (Å²) in [5.74, 6) is 0.0685. The molecule has 96 valence electrons. The van der Waals surface area contributed by atoms with Crippen LogP contribution in [0.4, 0.5) is 0 Å². The van der Waals surface area contributed by atoms with Crippen molar-refractivity contribution in [2.75, 3.05) is 19.6 Å². The summed E-state index contributed by atoms with van der Waals surface area (Å²) in [5, 5.41) is 3.97. The number of nitrogens with zero attached hydrogens (tertiary/aromatic N) is 1.